The first kappa shape index (κ1) is 17.9. The Hall–Kier alpha value is -1.46. The first-order valence-electron chi connectivity index (χ1n) is 8.12. The maximum atomic E-state index is 12.1. The van der Waals surface area contributed by atoms with Crippen LogP contribution in [-0.4, -0.2) is 29.9 Å². The van der Waals surface area contributed by atoms with E-state index in [4.69, 9.17) is 21.4 Å². The largest absolute Gasteiger partial charge is 0.489 e. The summed E-state index contributed by atoms with van der Waals surface area (Å²) < 4.78 is 5.57. The highest BCUT2D eigenvalue weighted by molar-refractivity contribution is 6.32. The van der Waals surface area contributed by atoms with Crippen LogP contribution in [0.3, 0.4) is 0 Å². The smallest absolute Gasteiger partial charge is 0.319 e. The lowest BCUT2D eigenvalue weighted by Gasteiger charge is -2.28. The van der Waals surface area contributed by atoms with Crippen molar-refractivity contribution in [1.82, 2.24) is 5.32 Å². The van der Waals surface area contributed by atoms with Gasteiger partial charge in [-0.05, 0) is 63.6 Å². The Morgan fingerprint density at radius 2 is 2.04 bits per heavy atom. The molecule has 1 fully saturated rings. The number of halogens is 1. The first-order chi connectivity index (χ1) is 11.0. The molecule has 5 nitrogen and oxygen atoms in total. The summed E-state index contributed by atoms with van der Waals surface area (Å²) in [7, 11) is 0. The van der Waals surface area contributed by atoms with Crippen molar-refractivity contribution >= 4 is 23.3 Å². The number of anilines is 1. The van der Waals surface area contributed by atoms with Crippen LogP contribution in [0.4, 0.5) is 10.5 Å². The number of urea groups is 1. The second-order valence-corrected chi connectivity index (χ2v) is 6.72. The normalized spacial score (nSPS) is 21.1. The van der Waals surface area contributed by atoms with E-state index in [1.165, 1.54) is 0 Å². The number of aliphatic hydroxyl groups excluding tert-OH is 1. The average molecular weight is 341 g/mol. The fourth-order valence-electron chi connectivity index (χ4n) is 2.77. The van der Waals surface area contributed by atoms with Crippen molar-refractivity contribution in [1.29, 1.82) is 0 Å². The molecule has 0 atom stereocenters. The lowest BCUT2D eigenvalue weighted by Crippen LogP contribution is -2.40. The molecule has 0 heterocycles. The van der Waals surface area contributed by atoms with Crippen LogP contribution in [0.25, 0.3) is 0 Å². The van der Waals surface area contributed by atoms with E-state index in [2.05, 4.69) is 10.6 Å². The molecule has 0 saturated heterocycles. The van der Waals surface area contributed by atoms with E-state index < -0.39 is 0 Å². The second-order valence-electron chi connectivity index (χ2n) is 6.31. The number of carbonyl (C=O) groups excluding carboxylic acids is 1. The molecule has 0 unspecified atom stereocenters. The molecule has 0 aliphatic heterocycles. The van der Waals surface area contributed by atoms with Gasteiger partial charge in [0, 0.05) is 18.3 Å². The van der Waals surface area contributed by atoms with Crippen LogP contribution in [0.5, 0.6) is 5.75 Å². The van der Waals surface area contributed by atoms with Crippen molar-refractivity contribution in [2.24, 2.45) is 5.92 Å². The highest BCUT2D eigenvalue weighted by Gasteiger charge is 2.21. The molecule has 2 rings (SSSR count). The third-order valence-electron chi connectivity index (χ3n) is 3.99. The fraction of sp³-hybridized carbons (Fsp3) is 0.588. The predicted molar refractivity (Wildman–Crippen MR) is 92.2 cm³/mol. The topological polar surface area (TPSA) is 70.6 Å². The SMILES string of the molecule is CC(C)Oc1ccc(NC(=O)NC2CCC(CO)CC2)cc1Cl. The molecule has 128 valence electrons. The maximum absolute atomic E-state index is 12.1. The lowest BCUT2D eigenvalue weighted by molar-refractivity contribution is 0.176. The summed E-state index contributed by atoms with van der Waals surface area (Å²) in [4.78, 5) is 12.1. The number of benzene rings is 1. The van der Waals surface area contributed by atoms with Crippen LogP contribution < -0.4 is 15.4 Å². The standard InChI is InChI=1S/C17H25ClN2O3/c1-11(2)23-16-8-7-14(9-15(16)18)20-17(22)19-13-5-3-12(10-21)4-6-13/h7-9,11-13,21H,3-6,10H2,1-2H3,(H2,19,20,22). The molecule has 1 aromatic carbocycles. The quantitative estimate of drug-likeness (QED) is 0.763. The Bertz CT molecular complexity index is 529. The predicted octanol–water partition coefficient (Wildman–Crippen LogP) is 3.80. The van der Waals surface area contributed by atoms with E-state index in [0.29, 0.717) is 22.4 Å². The summed E-state index contributed by atoms with van der Waals surface area (Å²) >= 11 is 6.16. The van der Waals surface area contributed by atoms with E-state index in [-0.39, 0.29) is 24.8 Å². The van der Waals surface area contributed by atoms with Crippen LogP contribution in [0.1, 0.15) is 39.5 Å². The summed E-state index contributed by atoms with van der Waals surface area (Å²) in [5.41, 5.74) is 0.632. The minimum absolute atomic E-state index is 0.0451. The van der Waals surface area contributed by atoms with E-state index in [1.54, 1.807) is 18.2 Å². The molecular formula is C17H25ClN2O3. The summed E-state index contributed by atoms with van der Waals surface area (Å²) in [6.45, 7) is 4.10. The number of rotatable bonds is 5. The molecule has 1 saturated carbocycles. The zero-order valence-corrected chi connectivity index (χ0v) is 14.4. The zero-order chi connectivity index (χ0) is 16.8. The van der Waals surface area contributed by atoms with Crippen molar-refractivity contribution in [2.45, 2.75) is 51.7 Å². The summed E-state index contributed by atoms with van der Waals surface area (Å²) in [6.07, 6.45) is 3.76. The zero-order valence-electron chi connectivity index (χ0n) is 13.6. The summed E-state index contributed by atoms with van der Waals surface area (Å²) in [5.74, 6) is 0.985. The molecule has 0 radical (unpaired) electrons. The Kier molecular flexibility index (Phi) is 6.54. The van der Waals surface area contributed by atoms with Gasteiger partial charge in [-0.1, -0.05) is 11.6 Å². The number of hydrogen-bond acceptors (Lipinski definition) is 3. The maximum Gasteiger partial charge on any atom is 0.319 e. The Morgan fingerprint density at radius 3 is 2.61 bits per heavy atom. The van der Waals surface area contributed by atoms with Gasteiger partial charge in [0.25, 0.3) is 0 Å². The summed E-state index contributed by atoms with van der Waals surface area (Å²) in [5, 5.41) is 15.4. The molecule has 0 bridgehead atoms. The number of amides is 2. The van der Waals surface area contributed by atoms with Gasteiger partial charge in [0.2, 0.25) is 0 Å². The highest BCUT2D eigenvalue weighted by Crippen LogP contribution is 2.28. The van der Waals surface area contributed by atoms with Gasteiger partial charge in [-0.15, -0.1) is 0 Å². The van der Waals surface area contributed by atoms with Gasteiger partial charge in [0.05, 0.1) is 11.1 Å². The lowest BCUT2D eigenvalue weighted by atomic mass is 9.87. The second kappa shape index (κ2) is 8.41. The Morgan fingerprint density at radius 1 is 1.35 bits per heavy atom. The molecule has 1 aliphatic rings. The van der Waals surface area contributed by atoms with Gasteiger partial charge in [-0.3, -0.25) is 0 Å². The third kappa shape index (κ3) is 5.59. The molecule has 6 heteroatoms. The number of nitrogens with one attached hydrogen (secondary N) is 2. The van der Waals surface area contributed by atoms with Crippen LogP contribution >= 0.6 is 11.6 Å². The van der Waals surface area contributed by atoms with Crippen molar-refractivity contribution in [3.8, 4) is 5.75 Å². The van der Waals surface area contributed by atoms with Crippen molar-refractivity contribution in [3.05, 3.63) is 23.2 Å². The van der Waals surface area contributed by atoms with Gasteiger partial charge in [0.1, 0.15) is 5.75 Å². The van der Waals surface area contributed by atoms with Crippen molar-refractivity contribution < 1.29 is 14.6 Å². The van der Waals surface area contributed by atoms with Crippen LogP contribution in [0, 0.1) is 5.92 Å². The van der Waals surface area contributed by atoms with E-state index >= 15 is 0 Å². The van der Waals surface area contributed by atoms with E-state index in [9.17, 15) is 4.79 Å². The van der Waals surface area contributed by atoms with Gasteiger partial charge in [-0.2, -0.15) is 0 Å². The Labute approximate surface area is 142 Å². The molecule has 0 aromatic heterocycles. The van der Waals surface area contributed by atoms with E-state index in [1.807, 2.05) is 13.8 Å². The molecule has 23 heavy (non-hydrogen) atoms. The van der Waals surface area contributed by atoms with Crippen LogP contribution in [-0.2, 0) is 0 Å². The van der Waals surface area contributed by atoms with Crippen LogP contribution in [0.2, 0.25) is 5.02 Å². The van der Waals surface area contributed by atoms with E-state index in [0.717, 1.165) is 25.7 Å². The minimum Gasteiger partial charge on any atom is -0.489 e. The van der Waals surface area contributed by atoms with Crippen molar-refractivity contribution in [2.75, 3.05) is 11.9 Å². The van der Waals surface area contributed by atoms with Gasteiger partial charge in [-0.25, -0.2) is 4.79 Å². The Balaban J connectivity index is 1.84. The highest BCUT2D eigenvalue weighted by atomic mass is 35.5. The van der Waals surface area contributed by atoms with Gasteiger partial charge < -0.3 is 20.5 Å². The molecule has 1 aromatic rings. The van der Waals surface area contributed by atoms with Crippen LogP contribution in [0.15, 0.2) is 18.2 Å². The number of aliphatic hydroxyl groups is 1. The molecule has 0 spiro atoms. The van der Waals surface area contributed by atoms with Crippen molar-refractivity contribution in [3.63, 3.8) is 0 Å². The van der Waals surface area contributed by atoms with Gasteiger partial charge >= 0.3 is 6.03 Å². The average Bonchev–Trinajstić information content (AvgIpc) is 2.50. The monoisotopic (exact) mass is 340 g/mol. The number of hydrogen-bond donors (Lipinski definition) is 3. The molecule has 1 aliphatic carbocycles. The molecular weight excluding hydrogens is 316 g/mol. The van der Waals surface area contributed by atoms with Gasteiger partial charge in [0.15, 0.2) is 0 Å². The first-order valence-corrected chi connectivity index (χ1v) is 8.50. The fourth-order valence-corrected chi connectivity index (χ4v) is 3.00. The summed E-state index contributed by atoms with van der Waals surface area (Å²) in [6, 6.07) is 5.14. The molecule has 3 N–H and O–H groups in total. The number of carbonyl (C=O) groups is 1. The number of ether oxygens (including phenoxy) is 1. The minimum atomic E-state index is -0.231. The molecule has 2 amide bonds. The third-order valence-corrected chi connectivity index (χ3v) is 4.29.